The number of hydrogen-bond acceptors (Lipinski definition) is 5. The van der Waals surface area contributed by atoms with Crippen LogP contribution < -0.4 is 5.56 Å². The van der Waals surface area contributed by atoms with Gasteiger partial charge in [-0.2, -0.15) is 0 Å². The van der Waals surface area contributed by atoms with Crippen molar-refractivity contribution in [2.45, 2.75) is 40.2 Å². The Morgan fingerprint density at radius 1 is 1.13 bits per heavy atom. The quantitative estimate of drug-likeness (QED) is 0.697. The topological polar surface area (TPSA) is 69.3 Å². The Labute approximate surface area is 180 Å². The number of aryl methyl sites for hydroxylation is 3. The Bertz CT molecular complexity index is 1120. The number of aromatic amines is 1. The molecule has 0 bridgehead atoms. The van der Waals surface area contributed by atoms with E-state index in [0.717, 1.165) is 33.9 Å². The molecule has 0 spiro atoms. The maximum Gasteiger partial charge on any atom is 0.259 e. The van der Waals surface area contributed by atoms with Gasteiger partial charge in [0.05, 0.1) is 17.8 Å². The minimum atomic E-state index is -0.0596. The zero-order valence-electron chi connectivity index (χ0n) is 18.0. The molecule has 4 rings (SSSR count). The Kier molecular flexibility index (Phi) is 5.75. The van der Waals surface area contributed by atoms with Crippen molar-refractivity contribution in [3.8, 4) is 0 Å². The fourth-order valence-electron chi connectivity index (χ4n) is 3.99. The number of piperazine rings is 1. The van der Waals surface area contributed by atoms with Crippen molar-refractivity contribution in [1.82, 2.24) is 19.8 Å². The Morgan fingerprint density at radius 2 is 1.80 bits per heavy atom. The number of nitrogens with one attached hydrogen (secondary N) is 1. The third-order valence-corrected chi connectivity index (χ3v) is 7.24. The number of thiophene rings is 1. The Morgan fingerprint density at radius 3 is 2.47 bits per heavy atom. The smallest absolute Gasteiger partial charge is 0.259 e. The lowest BCUT2D eigenvalue weighted by atomic mass is 10.1. The number of fused-ring (bicyclic) bond motifs is 1. The summed E-state index contributed by atoms with van der Waals surface area (Å²) < 4.78 is 0. The van der Waals surface area contributed by atoms with Crippen LogP contribution in [0.5, 0.6) is 0 Å². The summed E-state index contributed by atoms with van der Waals surface area (Å²) in [5, 5.41) is 0.708. The molecule has 7 heteroatoms. The standard InChI is InChI=1S/C23H28N4O2S/c1-14-5-7-18(8-6-14)13-19(28)27-11-9-26(10-12-27)16(3)21-24-22(29)20-15(2)17(4)30-23(20)25-21/h5-8,16H,9-13H2,1-4H3,(H,24,25,29). The zero-order valence-corrected chi connectivity index (χ0v) is 18.8. The van der Waals surface area contributed by atoms with Gasteiger partial charge >= 0.3 is 0 Å². The summed E-state index contributed by atoms with van der Waals surface area (Å²) in [5.41, 5.74) is 3.21. The highest BCUT2D eigenvalue weighted by molar-refractivity contribution is 7.18. The number of H-pyrrole nitrogens is 1. The molecule has 1 aromatic carbocycles. The number of carbonyl (C=O) groups is 1. The minimum Gasteiger partial charge on any atom is -0.340 e. The van der Waals surface area contributed by atoms with E-state index in [1.54, 1.807) is 11.3 Å². The highest BCUT2D eigenvalue weighted by atomic mass is 32.1. The van der Waals surface area contributed by atoms with Crippen molar-refractivity contribution >= 4 is 27.5 Å². The molecule has 1 N–H and O–H groups in total. The van der Waals surface area contributed by atoms with Gasteiger partial charge in [-0.25, -0.2) is 4.98 Å². The molecule has 1 amide bonds. The van der Waals surface area contributed by atoms with Gasteiger partial charge in [-0.3, -0.25) is 14.5 Å². The lowest BCUT2D eigenvalue weighted by molar-refractivity contribution is -0.132. The van der Waals surface area contributed by atoms with E-state index in [0.29, 0.717) is 30.7 Å². The van der Waals surface area contributed by atoms with Crippen LogP contribution >= 0.6 is 11.3 Å². The largest absolute Gasteiger partial charge is 0.340 e. The molecule has 1 atom stereocenters. The molecule has 3 aromatic rings. The van der Waals surface area contributed by atoms with E-state index in [9.17, 15) is 9.59 Å². The molecule has 6 nitrogen and oxygen atoms in total. The molecule has 1 fully saturated rings. The van der Waals surface area contributed by atoms with Gasteiger partial charge in [-0.1, -0.05) is 29.8 Å². The number of hydrogen-bond donors (Lipinski definition) is 1. The summed E-state index contributed by atoms with van der Waals surface area (Å²) in [6.07, 6.45) is 0.443. The first-order valence-electron chi connectivity index (χ1n) is 10.4. The maximum atomic E-state index is 12.7. The van der Waals surface area contributed by atoms with Gasteiger partial charge in [0, 0.05) is 31.1 Å². The van der Waals surface area contributed by atoms with E-state index in [1.807, 2.05) is 49.9 Å². The molecule has 0 saturated carbocycles. The summed E-state index contributed by atoms with van der Waals surface area (Å²) in [5.74, 6) is 0.872. The monoisotopic (exact) mass is 424 g/mol. The van der Waals surface area contributed by atoms with Crippen molar-refractivity contribution in [1.29, 1.82) is 0 Å². The third-order valence-electron chi connectivity index (χ3n) is 6.14. The fraction of sp³-hybridized carbons (Fsp3) is 0.435. The van der Waals surface area contributed by atoms with E-state index >= 15 is 0 Å². The molecule has 1 aliphatic rings. The highest BCUT2D eigenvalue weighted by Gasteiger charge is 2.26. The van der Waals surface area contributed by atoms with E-state index in [-0.39, 0.29) is 17.5 Å². The second-order valence-electron chi connectivity index (χ2n) is 8.17. The lowest BCUT2D eigenvalue weighted by Gasteiger charge is -2.37. The zero-order chi connectivity index (χ0) is 21.4. The predicted molar refractivity (Wildman–Crippen MR) is 121 cm³/mol. The van der Waals surface area contributed by atoms with Gasteiger partial charge < -0.3 is 9.88 Å². The predicted octanol–water partition coefficient (Wildman–Crippen LogP) is 3.36. The van der Waals surface area contributed by atoms with Crippen LogP contribution in [0.4, 0.5) is 0 Å². The Balaban J connectivity index is 1.41. The normalized spacial score (nSPS) is 16.2. The van der Waals surface area contributed by atoms with Gasteiger partial charge in [-0.15, -0.1) is 11.3 Å². The third kappa shape index (κ3) is 4.04. The van der Waals surface area contributed by atoms with Gasteiger partial charge in [0.1, 0.15) is 10.7 Å². The van der Waals surface area contributed by atoms with E-state index in [1.165, 1.54) is 5.56 Å². The van der Waals surface area contributed by atoms with Crippen LogP contribution in [0.25, 0.3) is 10.2 Å². The summed E-state index contributed by atoms with van der Waals surface area (Å²) in [4.78, 5) is 39.2. The van der Waals surface area contributed by atoms with Crippen molar-refractivity contribution in [2.75, 3.05) is 26.2 Å². The molecule has 0 radical (unpaired) electrons. The van der Waals surface area contributed by atoms with Crippen LogP contribution in [-0.4, -0.2) is 51.9 Å². The van der Waals surface area contributed by atoms with Crippen LogP contribution in [0.1, 0.15) is 40.4 Å². The SMILES string of the molecule is Cc1ccc(CC(=O)N2CCN(C(C)c3nc4sc(C)c(C)c4c(=O)[nH]3)CC2)cc1. The van der Waals surface area contributed by atoms with Crippen molar-refractivity contribution < 1.29 is 4.79 Å². The van der Waals surface area contributed by atoms with Crippen LogP contribution in [0.2, 0.25) is 0 Å². The lowest BCUT2D eigenvalue weighted by Crippen LogP contribution is -2.50. The van der Waals surface area contributed by atoms with Crippen LogP contribution in [0.15, 0.2) is 29.1 Å². The van der Waals surface area contributed by atoms with Gasteiger partial charge in [0.15, 0.2) is 0 Å². The molecule has 0 aliphatic carbocycles. The van der Waals surface area contributed by atoms with E-state index < -0.39 is 0 Å². The molecule has 1 saturated heterocycles. The number of benzene rings is 1. The molecular weight excluding hydrogens is 396 g/mol. The van der Waals surface area contributed by atoms with E-state index in [4.69, 9.17) is 4.98 Å². The highest BCUT2D eigenvalue weighted by Crippen LogP contribution is 2.27. The van der Waals surface area contributed by atoms with Crippen LogP contribution in [0, 0.1) is 20.8 Å². The molecule has 3 heterocycles. The molecule has 1 aliphatic heterocycles. The summed E-state index contributed by atoms with van der Waals surface area (Å²) in [7, 11) is 0. The number of nitrogens with zero attached hydrogens (tertiary/aromatic N) is 3. The number of aromatic nitrogens is 2. The van der Waals surface area contributed by atoms with Gasteiger partial charge in [0.25, 0.3) is 5.56 Å². The van der Waals surface area contributed by atoms with Crippen molar-refractivity contribution in [3.63, 3.8) is 0 Å². The average Bonchev–Trinajstić information content (AvgIpc) is 3.03. The Hall–Kier alpha value is -2.51. The summed E-state index contributed by atoms with van der Waals surface area (Å²) >= 11 is 1.57. The summed E-state index contributed by atoms with van der Waals surface area (Å²) in [6.45, 7) is 11.0. The van der Waals surface area contributed by atoms with Crippen molar-refractivity contribution in [2.24, 2.45) is 0 Å². The van der Waals surface area contributed by atoms with Crippen molar-refractivity contribution in [3.05, 3.63) is 62.0 Å². The number of carbonyl (C=O) groups excluding carboxylic acids is 1. The first-order chi connectivity index (χ1) is 14.3. The molecule has 1 unspecified atom stereocenters. The first kappa shape index (κ1) is 20.8. The fourth-order valence-corrected chi connectivity index (χ4v) is 5.03. The summed E-state index contributed by atoms with van der Waals surface area (Å²) in [6, 6.07) is 8.14. The van der Waals surface area contributed by atoms with Crippen LogP contribution in [0.3, 0.4) is 0 Å². The van der Waals surface area contributed by atoms with E-state index in [2.05, 4.69) is 16.8 Å². The van der Waals surface area contributed by atoms with Crippen LogP contribution in [-0.2, 0) is 11.2 Å². The van der Waals surface area contributed by atoms with Gasteiger partial charge in [-0.05, 0) is 38.8 Å². The number of rotatable bonds is 4. The molecule has 2 aromatic heterocycles. The minimum absolute atomic E-state index is 0.000775. The second-order valence-corrected chi connectivity index (χ2v) is 9.37. The molecule has 158 valence electrons. The molecular formula is C23H28N4O2S. The van der Waals surface area contributed by atoms with Gasteiger partial charge in [0.2, 0.25) is 5.91 Å². The average molecular weight is 425 g/mol. The molecule has 30 heavy (non-hydrogen) atoms. The maximum absolute atomic E-state index is 12.7. The number of amides is 1. The first-order valence-corrected chi connectivity index (χ1v) is 11.2. The second kappa shape index (κ2) is 8.32.